The lowest BCUT2D eigenvalue weighted by Crippen LogP contribution is -2.31. The Kier molecular flexibility index (Phi) is 4.25. The van der Waals surface area contributed by atoms with Crippen LogP contribution in [0, 0.1) is 18.3 Å². The lowest BCUT2D eigenvalue weighted by atomic mass is 9.96. The van der Waals surface area contributed by atoms with Gasteiger partial charge in [0.2, 0.25) is 0 Å². The number of benzene rings is 1. The third kappa shape index (κ3) is 2.95. The molecule has 1 atom stereocenters. The van der Waals surface area contributed by atoms with E-state index in [9.17, 15) is 5.26 Å². The molecule has 2 aliphatic rings. The zero-order valence-electron chi connectivity index (χ0n) is 17.0. The molecule has 0 spiro atoms. The Bertz CT molecular complexity index is 1110. The van der Waals surface area contributed by atoms with E-state index in [2.05, 4.69) is 39.9 Å². The van der Waals surface area contributed by atoms with Crippen LogP contribution in [0.3, 0.4) is 0 Å². The molecular formula is C22H24N6O. The molecule has 0 amide bonds. The van der Waals surface area contributed by atoms with Crippen LogP contribution < -0.4 is 4.90 Å². The van der Waals surface area contributed by atoms with E-state index < -0.39 is 0 Å². The molecule has 0 N–H and O–H groups in total. The topological polar surface area (TPSA) is 82.1 Å². The molecule has 1 saturated heterocycles. The molecular weight excluding hydrogens is 364 g/mol. The summed E-state index contributed by atoms with van der Waals surface area (Å²) < 4.78 is 6.33. The maximum absolute atomic E-state index is 9.93. The van der Waals surface area contributed by atoms with Crippen molar-refractivity contribution in [3.05, 3.63) is 35.6 Å². The second-order valence-electron chi connectivity index (χ2n) is 8.28. The monoisotopic (exact) mass is 388 g/mol. The molecule has 7 nitrogen and oxygen atoms in total. The van der Waals surface area contributed by atoms with Crippen LogP contribution in [0.5, 0.6) is 0 Å². The van der Waals surface area contributed by atoms with Gasteiger partial charge in [-0.05, 0) is 45.8 Å². The molecule has 2 aromatic heterocycles. The minimum absolute atomic E-state index is 0.384. The van der Waals surface area contributed by atoms with Gasteiger partial charge in [0.25, 0.3) is 0 Å². The smallest absolute Gasteiger partial charge is 0.198 e. The number of likely N-dealkylation sites (N-methyl/N-ethyl adjacent to an activating group) is 1. The van der Waals surface area contributed by atoms with Gasteiger partial charge in [0, 0.05) is 43.0 Å². The Morgan fingerprint density at radius 1 is 1.24 bits per heavy atom. The fraction of sp³-hybridized carbons (Fsp3) is 0.455. The highest BCUT2D eigenvalue weighted by Gasteiger charge is 2.35. The molecule has 1 aliphatic heterocycles. The maximum atomic E-state index is 9.93. The maximum Gasteiger partial charge on any atom is 0.198 e. The predicted octanol–water partition coefficient (Wildman–Crippen LogP) is 3.48. The molecule has 1 saturated carbocycles. The highest BCUT2D eigenvalue weighted by atomic mass is 16.4. The van der Waals surface area contributed by atoms with Crippen LogP contribution in [0.1, 0.15) is 42.2 Å². The zero-order chi connectivity index (χ0) is 20.1. The minimum atomic E-state index is 0.384. The van der Waals surface area contributed by atoms with Crippen LogP contribution in [0.2, 0.25) is 0 Å². The van der Waals surface area contributed by atoms with Crippen molar-refractivity contribution in [1.82, 2.24) is 19.9 Å². The van der Waals surface area contributed by atoms with Gasteiger partial charge in [-0.15, -0.1) is 0 Å². The van der Waals surface area contributed by atoms with E-state index in [-0.39, 0.29) is 0 Å². The van der Waals surface area contributed by atoms with Gasteiger partial charge in [0.1, 0.15) is 11.6 Å². The summed E-state index contributed by atoms with van der Waals surface area (Å²) >= 11 is 0. The van der Waals surface area contributed by atoms with Gasteiger partial charge in [-0.3, -0.25) is 9.97 Å². The number of aromatic nitrogens is 3. The van der Waals surface area contributed by atoms with Crippen LogP contribution in [0.4, 0.5) is 5.69 Å². The Hall–Kier alpha value is -2.98. The first-order valence-corrected chi connectivity index (χ1v) is 10.1. The summed E-state index contributed by atoms with van der Waals surface area (Å²) in [6.07, 6.45) is 8.41. The fourth-order valence-corrected chi connectivity index (χ4v) is 4.31. The summed E-state index contributed by atoms with van der Waals surface area (Å²) in [5.41, 5.74) is 5.55. The Morgan fingerprint density at radius 3 is 2.69 bits per heavy atom. The van der Waals surface area contributed by atoms with Crippen LogP contribution in [0.15, 0.2) is 23.0 Å². The van der Waals surface area contributed by atoms with Gasteiger partial charge in [-0.25, -0.2) is 4.98 Å². The summed E-state index contributed by atoms with van der Waals surface area (Å²) in [5.74, 6) is 1.15. The Labute approximate surface area is 170 Å². The lowest BCUT2D eigenvalue weighted by Gasteiger charge is -2.25. The van der Waals surface area contributed by atoms with E-state index in [0.717, 1.165) is 60.8 Å². The number of anilines is 1. The molecule has 0 radical (unpaired) electrons. The van der Waals surface area contributed by atoms with Crippen molar-refractivity contribution < 1.29 is 4.42 Å². The van der Waals surface area contributed by atoms with Crippen molar-refractivity contribution in [3.8, 4) is 17.3 Å². The third-order valence-corrected chi connectivity index (χ3v) is 6.15. The molecule has 1 aliphatic carbocycles. The molecule has 1 unspecified atom stereocenters. The molecule has 0 bridgehead atoms. The molecule has 3 heterocycles. The van der Waals surface area contributed by atoms with E-state index in [4.69, 9.17) is 9.40 Å². The first kappa shape index (κ1) is 18.1. The van der Waals surface area contributed by atoms with Crippen molar-refractivity contribution in [2.24, 2.45) is 0 Å². The van der Waals surface area contributed by atoms with Crippen molar-refractivity contribution in [2.75, 3.05) is 32.1 Å². The number of rotatable bonds is 4. The van der Waals surface area contributed by atoms with Crippen molar-refractivity contribution in [1.29, 1.82) is 5.26 Å². The molecule has 29 heavy (non-hydrogen) atoms. The van der Waals surface area contributed by atoms with Crippen LogP contribution in [-0.2, 0) is 0 Å². The Balaban J connectivity index is 1.79. The molecule has 148 valence electrons. The summed E-state index contributed by atoms with van der Waals surface area (Å²) in [6.45, 7) is 3.81. The third-order valence-electron chi connectivity index (χ3n) is 6.15. The molecule has 7 heteroatoms. The van der Waals surface area contributed by atoms with Crippen LogP contribution in [-0.4, -0.2) is 53.1 Å². The van der Waals surface area contributed by atoms with Crippen molar-refractivity contribution in [3.63, 3.8) is 0 Å². The molecule has 3 aromatic rings. The van der Waals surface area contributed by atoms with Gasteiger partial charge < -0.3 is 14.2 Å². The number of hydrogen-bond acceptors (Lipinski definition) is 7. The first-order chi connectivity index (χ1) is 14.1. The van der Waals surface area contributed by atoms with Crippen LogP contribution >= 0.6 is 0 Å². The highest BCUT2D eigenvalue weighted by molar-refractivity contribution is 6.01. The number of fused-ring (bicyclic) bond motifs is 1. The number of hydrogen-bond donors (Lipinski definition) is 0. The molecule has 5 rings (SSSR count). The first-order valence-electron chi connectivity index (χ1n) is 10.1. The Morgan fingerprint density at radius 2 is 2.07 bits per heavy atom. The zero-order valence-corrected chi connectivity index (χ0v) is 17.0. The summed E-state index contributed by atoms with van der Waals surface area (Å²) in [6, 6.07) is 2.84. The van der Waals surface area contributed by atoms with E-state index in [1.54, 1.807) is 18.6 Å². The van der Waals surface area contributed by atoms with Crippen LogP contribution in [0.25, 0.3) is 22.4 Å². The normalized spacial score (nSPS) is 19.3. The predicted molar refractivity (Wildman–Crippen MR) is 111 cm³/mol. The minimum Gasteiger partial charge on any atom is -0.438 e. The summed E-state index contributed by atoms with van der Waals surface area (Å²) in [5, 5.41) is 9.93. The number of nitrogens with zero attached hydrogens (tertiary/aromatic N) is 6. The largest absolute Gasteiger partial charge is 0.438 e. The van der Waals surface area contributed by atoms with Crippen molar-refractivity contribution in [2.45, 2.75) is 38.1 Å². The average Bonchev–Trinajstić information content (AvgIpc) is 3.29. The fourth-order valence-electron chi connectivity index (χ4n) is 4.31. The highest BCUT2D eigenvalue weighted by Crippen LogP contribution is 2.47. The van der Waals surface area contributed by atoms with E-state index in [1.807, 2.05) is 6.92 Å². The quantitative estimate of drug-likeness (QED) is 0.677. The van der Waals surface area contributed by atoms with Gasteiger partial charge in [0.15, 0.2) is 11.5 Å². The van der Waals surface area contributed by atoms with E-state index in [0.29, 0.717) is 28.6 Å². The number of oxazole rings is 1. The summed E-state index contributed by atoms with van der Waals surface area (Å²) in [7, 11) is 4.24. The van der Waals surface area contributed by atoms with E-state index in [1.165, 1.54) is 0 Å². The summed E-state index contributed by atoms with van der Waals surface area (Å²) in [4.78, 5) is 18.2. The average molecular weight is 388 g/mol. The van der Waals surface area contributed by atoms with E-state index >= 15 is 0 Å². The second kappa shape index (κ2) is 6.82. The molecule has 2 fully saturated rings. The van der Waals surface area contributed by atoms with Gasteiger partial charge in [0.05, 0.1) is 23.1 Å². The van der Waals surface area contributed by atoms with Gasteiger partial charge in [-0.2, -0.15) is 5.26 Å². The lowest BCUT2D eigenvalue weighted by molar-refractivity contribution is 0.315. The SMILES string of the molecule is Cc1c(-c2cnccn2)c(N2CCC(N(C)C)C2)c2oc(C3CC3)nc2c1C#N. The second-order valence-corrected chi connectivity index (χ2v) is 8.28. The molecule has 1 aromatic carbocycles. The number of nitriles is 1. The van der Waals surface area contributed by atoms with Gasteiger partial charge >= 0.3 is 0 Å². The van der Waals surface area contributed by atoms with Gasteiger partial charge in [-0.1, -0.05) is 0 Å². The standard InChI is InChI=1S/C22H24N6O/c1-13-16(10-23)19-21(29-22(26-19)14-4-5-14)20(18(13)17-11-24-7-8-25-17)28-9-6-15(12-28)27(2)3/h7-8,11,14-15H,4-6,9,12H2,1-3H3. The van der Waals surface area contributed by atoms with Crippen molar-refractivity contribution >= 4 is 16.8 Å².